The quantitative estimate of drug-likeness (QED) is 0.889. The largest absolute Gasteiger partial charge is 0.493 e. The van der Waals surface area contributed by atoms with Crippen LogP contribution in [0.5, 0.6) is 5.75 Å². The first-order chi connectivity index (χ1) is 9.74. The van der Waals surface area contributed by atoms with E-state index in [9.17, 15) is 0 Å². The molecule has 20 heavy (non-hydrogen) atoms. The molecule has 104 valence electrons. The van der Waals surface area contributed by atoms with Crippen LogP contribution in [0.2, 0.25) is 5.02 Å². The number of halogens is 1. The van der Waals surface area contributed by atoms with Crippen LogP contribution < -0.4 is 10.1 Å². The summed E-state index contributed by atoms with van der Waals surface area (Å²) in [5.41, 5.74) is 3.47. The Labute approximate surface area is 124 Å². The number of hydrogen-bond donors (Lipinski definition) is 1. The third-order valence-electron chi connectivity index (χ3n) is 3.81. The number of anilines is 1. The average Bonchev–Trinajstić information content (AvgIpc) is 2.48. The van der Waals surface area contributed by atoms with Crippen molar-refractivity contribution in [2.75, 3.05) is 18.5 Å². The van der Waals surface area contributed by atoms with Gasteiger partial charge in [-0.2, -0.15) is 0 Å². The van der Waals surface area contributed by atoms with Crippen molar-refractivity contribution in [3.63, 3.8) is 0 Å². The number of ether oxygens (including phenoxy) is 1. The zero-order chi connectivity index (χ0) is 13.9. The van der Waals surface area contributed by atoms with E-state index < -0.39 is 0 Å². The van der Waals surface area contributed by atoms with Gasteiger partial charge in [0, 0.05) is 23.2 Å². The highest BCUT2D eigenvalue weighted by molar-refractivity contribution is 6.31. The Morgan fingerprint density at radius 2 is 2.10 bits per heavy atom. The highest BCUT2D eigenvalue weighted by Crippen LogP contribution is 2.33. The lowest BCUT2D eigenvalue weighted by molar-refractivity contribution is 0.270. The van der Waals surface area contributed by atoms with Gasteiger partial charge in [-0.05, 0) is 42.7 Å². The van der Waals surface area contributed by atoms with E-state index in [2.05, 4.69) is 23.5 Å². The Bertz CT molecular complexity index is 612. The average molecular weight is 288 g/mol. The summed E-state index contributed by atoms with van der Waals surface area (Å²) in [5.74, 6) is 1.51. The van der Waals surface area contributed by atoms with Crippen molar-refractivity contribution in [1.82, 2.24) is 0 Å². The third-order valence-corrected chi connectivity index (χ3v) is 4.21. The molecule has 0 saturated heterocycles. The first-order valence-corrected chi connectivity index (χ1v) is 7.33. The van der Waals surface area contributed by atoms with Gasteiger partial charge >= 0.3 is 0 Å². The molecule has 0 aliphatic carbocycles. The number of para-hydroxylation sites is 1. The highest BCUT2D eigenvalue weighted by Gasteiger charge is 2.20. The monoisotopic (exact) mass is 287 g/mol. The van der Waals surface area contributed by atoms with Gasteiger partial charge in [-0.15, -0.1) is 0 Å². The predicted molar refractivity (Wildman–Crippen MR) is 84.0 cm³/mol. The molecule has 0 spiro atoms. The van der Waals surface area contributed by atoms with Crippen LogP contribution in [0.3, 0.4) is 0 Å². The minimum Gasteiger partial charge on any atom is -0.493 e. The summed E-state index contributed by atoms with van der Waals surface area (Å²) in [6.07, 6.45) is 1.05. The molecule has 0 aromatic heterocycles. The molecule has 2 nitrogen and oxygen atoms in total. The van der Waals surface area contributed by atoms with Crippen molar-refractivity contribution in [2.24, 2.45) is 0 Å². The van der Waals surface area contributed by atoms with E-state index in [-0.39, 0.29) is 0 Å². The van der Waals surface area contributed by atoms with Crippen molar-refractivity contribution >= 4 is 17.3 Å². The summed E-state index contributed by atoms with van der Waals surface area (Å²) < 4.78 is 5.69. The molecule has 0 saturated carbocycles. The lowest BCUT2D eigenvalue weighted by Crippen LogP contribution is -2.20. The van der Waals surface area contributed by atoms with Gasteiger partial charge in [0.15, 0.2) is 0 Å². The van der Waals surface area contributed by atoms with Gasteiger partial charge in [0.05, 0.1) is 6.61 Å². The van der Waals surface area contributed by atoms with Crippen LogP contribution in [0.25, 0.3) is 0 Å². The summed E-state index contributed by atoms with van der Waals surface area (Å²) in [5, 5.41) is 4.29. The van der Waals surface area contributed by atoms with E-state index in [1.165, 1.54) is 5.56 Å². The lowest BCUT2D eigenvalue weighted by atomic mass is 9.93. The van der Waals surface area contributed by atoms with Gasteiger partial charge in [-0.25, -0.2) is 0 Å². The van der Waals surface area contributed by atoms with Crippen LogP contribution in [0.1, 0.15) is 23.5 Å². The number of hydrogen-bond acceptors (Lipinski definition) is 2. The first-order valence-electron chi connectivity index (χ1n) is 6.96. The molecular weight excluding hydrogens is 270 g/mol. The fourth-order valence-corrected chi connectivity index (χ4v) is 2.75. The SMILES string of the molecule is Cc1ccc(NCC2CCOc3ccccc32)cc1Cl. The van der Waals surface area contributed by atoms with Crippen molar-refractivity contribution < 1.29 is 4.74 Å². The second kappa shape index (κ2) is 5.76. The topological polar surface area (TPSA) is 21.3 Å². The molecule has 1 unspecified atom stereocenters. The van der Waals surface area contributed by atoms with Crippen molar-refractivity contribution in [3.05, 3.63) is 58.6 Å². The van der Waals surface area contributed by atoms with Crippen LogP contribution in [-0.4, -0.2) is 13.2 Å². The maximum atomic E-state index is 6.16. The predicted octanol–water partition coefficient (Wildman–Crippen LogP) is 4.63. The van der Waals surface area contributed by atoms with Crippen molar-refractivity contribution in [2.45, 2.75) is 19.3 Å². The number of nitrogens with one attached hydrogen (secondary N) is 1. The van der Waals surface area contributed by atoms with Gasteiger partial charge in [-0.3, -0.25) is 0 Å². The van der Waals surface area contributed by atoms with E-state index in [0.29, 0.717) is 5.92 Å². The van der Waals surface area contributed by atoms with Crippen molar-refractivity contribution in [3.8, 4) is 5.75 Å². The van der Waals surface area contributed by atoms with Gasteiger partial charge in [0.25, 0.3) is 0 Å². The molecule has 1 heterocycles. The Morgan fingerprint density at radius 3 is 2.95 bits per heavy atom. The number of benzene rings is 2. The van der Waals surface area contributed by atoms with Crippen LogP contribution in [0.15, 0.2) is 42.5 Å². The molecule has 0 fully saturated rings. The highest BCUT2D eigenvalue weighted by atomic mass is 35.5. The molecule has 1 aliphatic heterocycles. The minimum atomic E-state index is 0.486. The van der Waals surface area contributed by atoms with Gasteiger partial charge < -0.3 is 10.1 Å². The zero-order valence-corrected chi connectivity index (χ0v) is 12.3. The Balaban J connectivity index is 1.71. The smallest absolute Gasteiger partial charge is 0.122 e. The fraction of sp³-hybridized carbons (Fsp3) is 0.294. The molecule has 1 aliphatic rings. The van der Waals surface area contributed by atoms with Crippen LogP contribution in [-0.2, 0) is 0 Å². The van der Waals surface area contributed by atoms with Crippen LogP contribution in [0.4, 0.5) is 5.69 Å². The fourth-order valence-electron chi connectivity index (χ4n) is 2.57. The third kappa shape index (κ3) is 2.75. The summed E-state index contributed by atoms with van der Waals surface area (Å²) in [6.45, 7) is 3.71. The molecule has 2 aromatic rings. The summed E-state index contributed by atoms with van der Waals surface area (Å²) in [7, 11) is 0. The summed E-state index contributed by atoms with van der Waals surface area (Å²) in [6, 6.07) is 14.4. The molecule has 0 bridgehead atoms. The second-order valence-corrected chi connectivity index (χ2v) is 5.62. The standard InChI is InChI=1S/C17H18ClNO/c1-12-6-7-14(10-16(12)18)19-11-13-8-9-20-17-5-3-2-4-15(13)17/h2-7,10,13,19H,8-9,11H2,1H3. The summed E-state index contributed by atoms with van der Waals surface area (Å²) >= 11 is 6.16. The van der Waals surface area contributed by atoms with Gasteiger partial charge in [0.1, 0.15) is 5.75 Å². The molecule has 3 rings (SSSR count). The van der Waals surface area contributed by atoms with Crippen molar-refractivity contribution in [1.29, 1.82) is 0 Å². The lowest BCUT2D eigenvalue weighted by Gasteiger charge is -2.26. The van der Waals surface area contributed by atoms with Crippen LogP contribution >= 0.6 is 11.6 Å². The van der Waals surface area contributed by atoms with E-state index >= 15 is 0 Å². The van der Waals surface area contributed by atoms with Crippen LogP contribution in [0, 0.1) is 6.92 Å². The Morgan fingerprint density at radius 1 is 1.25 bits per heavy atom. The molecular formula is C17H18ClNO. The molecule has 3 heteroatoms. The number of rotatable bonds is 3. The second-order valence-electron chi connectivity index (χ2n) is 5.22. The molecule has 1 N–H and O–H groups in total. The normalized spacial score (nSPS) is 17.2. The Hall–Kier alpha value is -1.67. The van der Waals surface area contributed by atoms with Gasteiger partial charge in [-0.1, -0.05) is 35.9 Å². The van der Waals surface area contributed by atoms with Gasteiger partial charge in [0.2, 0.25) is 0 Å². The minimum absolute atomic E-state index is 0.486. The number of aryl methyl sites for hydroxylation is 1. The first kappa shape index (κ1) is 13.3. The number of fused-ring (bicyclic) bond motifs is 1. The van der Waals surface area contributed by atoms with E-state index in [1.807, 2.05) is 31.2 Å². The van der Waals surface area contributed by atoms with E-state index in [0.717, 1.165) is 41.6 Å². The molecule has 2 aromatic carbocycles. The summed E-state index contributed by atoms with van der Waals surface area (Å²) in [4.78, 5) is 0. The van der Waals surface area contributed by atoms with E-state index in [1.54, 1.807) is 0 Å². The maximum Gasteiger partial charge on any atom is 0.122 e. The maximum absolute atomic E-state index is 6.16. The Kier molecular flexibility index (Phi) is 3.83. The molecule has 0 amide bonds. The molecule has 1 atom stereocenters. The molecule has 0 radical (unpaired) electrons. The zero-order valence-electron chi connectivity index (χ0n) is 11.5. The van der Waals surface area contributed by atoms with E-state index in [4.69, 9.17) is 16.3 Å².